The maximum atomic E-state index is 12.1. The van der Waals surface area contributed by atoms with E-state index in [1.54, 1.807) is 6.92 Å². The van der Waals surface area contributed by atoms with E-state index in [9.17, 15) is 14.7 Å². The van der Waals surface area contributed by atoms with Crippen LogP contribution >= 0.6 is 0 Å². The summed E-state index contributed by atoms with van der Waals surface area (Å²) in [6.45, 7) is 5.53. The van der Waals surface area contributed by atoms with Crippen LogP contribution in [0, 0.1) is 13.8 Å². The van der Waals surface area contributed by atoms with Gasteiger partial charge < -0.3 is 10.1 Å². The number of nitrogens with one attached hydrogen (secondary N) is 1. The van der Waals surface area contributed by atoms with E-state index in [4.69, 9.17) is 0 Å². The molecule has 2 heterocycles. The van der Waals surface area contributed by atoms with Gasteiger partial charge in [0.15, 0.2) is 11.3 Å². The zero-order valence-corrected chi connectivity index (χ0v) is 13.0. The highest BCUT2D eigenvalue weighted by Gasteiger charge is 2.23. The minimum Gasteiger partial charge on any atom is -0.476 e. The van der Waals surface area contributed by atoms with Crippen LogP contribution in [0.4, 0.5) is 0 Å². The molecule has 0 unspecified atom stereocenters. The van der Waals surface area contributed by atoms with E-state index in [2.05, 4.69) is 15.1 Å². The fourth-order valence-corrected chi connectivity index (χ4v) is 2.56. The molecule has 0 amide bonds. The second-order valence-electron chi connectivity index (χ2n) is 5.53. The molecule has 0 aliphatic heterocycles. The molecule has 3 rings (SSSR count). The minimum absolute atomic E-state index is 0.00191. The largest absolute Gasteiger partial charge is 0.476 e. The van der Waals surface area contributed by atoms with Gasteiger partial charge in [-0.3, -0.25) is 4.79 Å². The SMILES string of the molecule is Cc1ccc([C@H](C)n2nc(C(=O)O)c3c(=O)[nH]c(C)nc32)cc1. The Kier molecular flexibility index (Phi) is 3.48. The van der Waals surface area contributed by atoms with Gasteiger partial charge in [-0.15, -0.1) is 0 Å². The van der Waals surface area contributed by atoms with E-state index in [1.165, 1.54) is 4.68 Å². The summed E-state index contributed by atoms with van der Waals surface area (Å²) in [6, 6.07) is 7.60. The smallest absolute Gasteiger partial charge is 0.357 e. The van der Waals surface area contributed by atoms with E-state index < -0.39 is 11.5 Å². The number of hydrogen-bond donors (Lipinski definition) is 2. The summed E-state index contributed by atoms with van der Waals surface area (Å²) in [4.78, 5) is 30.4. The predicted octanol–water partition coefficient (Wildman–Crippen LogP) is 2.04. The van der Waals surface area contributed by atoms with Gasteiger partial charge >= 0.3 is 5.97 Å². The quantitative estimate of drug-likeness (QED) is 0.770. The van der Waals surface area contributed by atoms with Crippen molar-refractivity contribution in [2.75, 3.05) is 0 Å². The molecule has 23 heavy (non-hydrogen) atoms. The molecular weight excluding hydrogens is 296 g/mol. The highest BCUT2D eigenvalue weighted by Crippen LogP contribution is 2.23. The van der Waals surface area contributed by atoms with E-state index in [0.29, 0.717) is 5.82 Å². The van der Waals surface area contributed by atoms with Gasteiger partial charge in [-0.1, -0.05) is 29.8 Å². The lowest BCUT2D eigenvalue weighted by Crippen LogP contribution is -2.13. The molecule has 0 aliphatic rings. The minimum atomic E-state index is -1.25. The number of aromatic amines is 1. The van der Waals surface area contributed by atoms with Crippen molar-refractivity contribution >= 4 is 17.0 Å². The summed E-state index contributed by atoms with van der Waals surface area (Å²) in [5.74, 6) is -0.835. The van der Waals surface area contributed by atoms with Crippen LogP contribution in [0.25, 0.3) is 11.0 Å². The first kappa shape index (κ1) is 15.0. The average Bonchev–Trinajstić information content (AvgIpc) is 2.87. The zero-order chi connectivity index (χ0) is 16.7. The monoisotopic (exact) mass is 312 g/mol. The van der Waals surface area contributed by atoms with Gasteiger partial charge in [0, 0.05) is 0 Å². The van der Waals surface area contributed by atoms with Crippen LogP contribution in [0.2, 0.25) is 0 Å². The average molecular weight is 312 g/mol. The summed E-state index contributed by atoms with van der Waals surface area (Å²) in [6.07, 6.45) is 0. The Morgan fingerprint density at radius 1 is 1.26 bits per heavy atom. The lowest BCUT2D eigenvalue weighted by Gasteiger charge is -2.13. The Bertz CT molecular complexity index is 954. The summed E-state index contributed by atoms with van der Waals surface area (Å²) < 4.78 is 1.49. The molecule has 0 saturated carbocycles. The normalized spacial score (nSPS) is 12.5. The third-order valence-electron chi connectivity index (χ3n) is 3.81. The van der Waals surface area contributed by atoms with Gasteiger partial charge in [0.2, 0.25) is 0 Å². The molecule has 0 saturated heterocycles. The first-order valence-corrected chi connectivity index (χ1v) is 7.17. The molecule has 0 bridgehead atoms. The summed E-state index contributed by atoms with van der Waals surface area (Å²) in [7, 11) is 0. The molecule has 7 nitrogen and oxygen atoms in total. The van der Waals surface area contributed by atoms with E-state index in [1.807, 2.05) is 38.1 Å². The molecule has 0 radical (unpaired) electrons. The molecule has 2 aromatic heterocycles. The fourth-order valence-electron chi connectivity index (χ4n) is 2.56. The third kappa shape index (κ3) is 2.50. The Hall–Kier alpha value is -2.96. The Balaban J connectivity index is 2.27. The molecule has 118 valence electrons. The Morgan fingerprint density at radius 3 is 2.52 bits per heavy atom. The van der Waals surface area contributed by atoms with Crippen molar-refractivity contribution < 1.29 is 9.90 Å². The number of fused-ring (bicyclic) bond motifs is 1. The van der Waals surface area contributed by atoms with Crippen molar-refractivity contribution in [2.45, 2.75) is 26.8 Å². The van der Waals surface area contributed by atoms with Crippen molar-refractivity contribution in [3.8, 4) is 0 Å². The number of carbonyl (C=O) groups is 1. The number of benzene rings is 1. The van der Waals surface area contributed by atoms with Crippen molar-refractivity contribution in [1.82, 2.24) is 19.7 Å². The second-order valence-corrected chi connectivity index (χ2v) is 5.53. The lowest BCUT2D eigenvalue weighted by atomic mass is 10.1. The number of aromatic carboxylic acids is 1. The number of carboxylic acid groups (broad SMARTS) is 1. The first-order chi connectivity index (χ1) is 10.9. The van der Waals surface area contributed by atoms with Crippen LogP contribution in [-0.2, 0) is 0 Å². The van der Waals surface area contributed by atoms with Crippen LogP contribution in [0.5, 0.6) is 0 Å². The number of hydrogen-bond acceptors (Lipinski definition) is 4. The highest BCUT2D eigenvalue weighted by atomic mass is 16.4. The van der Waals surface area contributed by atoms with Crippen LogP contribution in [0.3, 0.4) is 0 Å². The number of carboxylic acids is 1. The number of nitrogens with zero attached hydrogens (tertiary/aromatic N) is 3. The van der Waals surface area contributed by atoms with Crippen LogP contribution in [0.1, 0.15) is 40.4 Å². The maximum absolute atomic E-state index is 12.1. The molecular formula is C16H16N4O3. The third-order valence-corrected chi connectivity index (χ3v) is 3.81. The maximum Gasteiger partial charge on any atom is 0.357 e. The van der Waals surface area contributed by atoms with Gasteiger partial charge in [-0.25, -0.2) is 14.5 Å². The second kappa shape index (κ2) is 5.35. The first-order valence-electron chi connectivity index (χ1n) is 7.17. The molecule has 1 atom stereocenters. The van der Waals surface area contributed by atoms with Crippen LogP contribution < -0.4 is 5.56 Å². The number of rotatable bonds is 3. The molecule has 0 spiro atoms. The molecule has 7 heteroatoms. The molecule has 2 N–H and O–H groups in total. The van der Waals surface area contributed by atoms with E-state index in [0.717, 1.165) is 11.1 Å². The number of aromatic nitrogens is 4. The van der Waals surface area contributed by atoms with Crippen molar-refractivity contribution in [2.24, 2.45) is 0 Å². The summed E-state index contributed by atoms with van der Waals surface area (Å²) >= 11 is 0. The van der Waals surface area contributed by atoms with Gasteiger partial charge in [0.25, 0.3) is 5.56 Å². The van der Waals surface area contributed by atoms with Gasteiger partial charge in [-0.2, -0.15) is 5.10 Å². The van der Waals surface area contributed by atoms with Crippen LogP contribution in [-0.4, -0.2) is 30.8 Å². The zero-order valence-electron chi connectivity index (χ0n) is 13.0. The predicted molar refractivity (Wildman–Crippen MR) is 84.8 cm³/mol. The van der Waals surface area contributed by atoms with Crippen molar-refractivity contribution in [3.63, 3.8) is 0 Å². The van der Waals surface area contributed by atoms with E-state index in [-0.39, 0.29) is 22.8 Å². The highest BCUT2D eigenvalue weighted by molar-refractivity contribution is 5.99. The van der Waals surface area contributed by atoms with Crippen molar-refractivity contribution in [3.05, 3.63) is 57.3 Å². The number of H-pyrrole nitrogens is 1. The molecule has 0 fully saturated rings. The van der Waals surface area contributed by atoms with E-state index >= 15 is 0 Å². The Labute approximate surface area is 131 Å². The molecule has 0 aliphatic carbocycles. The molecule has 3 aromatic rings. The lowest BCUT2D eigenvalue weighted by molar-refractivity contribution is 0.0691. The standard InChI is InChI=1S/C16H16N4O3/c1-8-4-6-11(7-5-8)9(2)20-14-12(13(19-20)16(22)23)15(21)18-10(3)17-14/h4-7,9H,1-3H3,(H,22,23)(H,17,18,21)/t9-/m0/s1. The van der Waals surface area contributed by atoms with Gasteiger partial charge in [-0.05, 0) is 26.3 Å². The van der Waals surface area contributed by atoms with Gasteiger partial charge in [0.1, 0.15) is 11.2 Å². The summed E-state index contributed by atoms with van der Waals surface area (Å²) in [5.41, 5.74) is 1.58. The van der Waals surface area contributed by atoms with Crippen LogP contribution in [0.15, 0.2) is 29.1 Å². The van der Waals surface area contributed by atoms with Gasteiger partial charge in [0.05, 0.1) is 6.04 Å². The summed E-state index contributed by atoms with van der Waals surface area (Å²) in [5, 5.41) is 13.4. The Morgan fingerprint density at radius 2 is 1.91 bits per heavy atom. The topological polar surface area (TPSA) is 101 Å². The van der Waals surface area contributed by atoms with Crippen molar-refractivity contribution in [1.29, 1.82) is 0 Å². The number of aryl methyl sites for hydroxylation is 2. The fraction of sp³-hybridized carbons (Fsp3) is 0.250. The molecule has 1 aromatic carbocycles.